The number of hydrogen-bond acceptors (Lipinski definition) is 3. The average molecular weight is 285 g/mol. The zero-order valence-corrected chi connectivity index (χ0v) is 12.5. The Morgan fingerprint density at radius 2 is 2.15 bits per heavy atom. The molecule has 2 nitrogen and oxygen atoms in total. The van der Waals surface area contributed by atoms with Crippen LogP contribution in [0.15, 0.2) is 46.2 Å². The summed E-state index contributed by atoms with van der Waals surface area (Å²) in [4.78, 5) is 1.43. The number of furan rings is 1. The van der Waals surface area contributed by atoms with Crippen LogP contribution in [0, 0.1) is 6.92 Å². The standard InChI is InChI=1S/C17H19NOS/c1-12-5-2-6-13-11-16(19-17(12)13)15(18)9-3-7-14-8-4-10-20-14/h2,4-6,8,10-11,15H,3,7,9,18H2,1H3. The lowest BCUT2D eigenvalue weighted by Gasteiger charge is -2.07. The molecule has 0 radical (unpaired) electrons. The van der Waals surface area contributed by atoms with Gasteiger partial charge < -0.3 is 10.2 Å². The molecular weight excluding hydrogens is 266 g/mol. The Morgan fingerprint density at radius 3 is 2.90 bits per heavy atom. The Hall–Kier alpha value is -1.58. The fourth-order valence-corrected chi connectivity index (χ4v) is 3.26. The average Bonchev–Trinajstić information content (AvgIpc) is 3.07. The van der Waals surface area contributed by atoms with E-state index in [1.54, 1.807) is 0 Å². The van der Waals surface area contributed by atoms with Gasteiger partial charge in [-0.15, -0.1) is 11.3 Å². The maximum absolute atomic E-state index is 6.26. The van der Waals surface area contributed by atoms with Gasteiger partial charge in [0.2, 0.25) is 0 Å². The highest BCUT2D eigenvalue weighted by Gasteiger charge is 2.12. The van der Waals surface area contributed by atoms with Crippen LogP contribution < -0.4 is 5.73 Å². The molecule has 0 saturated carbocycles. The van der Waals surface area contributed by atoms with E-state index in [0.29, 0.717) is 0 Å². The molecule has 2 heterocycles. The van der Waals surface area contributed by atoms with Crippen molar-refractivity contribution < 1.29 is 4.42 Å². The van der Waals surface area contributed by atoms with Crippen LogP contribution in [0.4, 0.5) is 0 Å². The van der Waals surface area contributed by atoms with Crippen molar-refractivity contribution in [1.29, 1.82) is 0 Å². The number of nitrogens with two attached hydrogens (primary N) is 1. The van der Waals surface area contributed by atoms with Crippen molar-refractivity contribution in [2.24, 2.45) is 5.73 Å². The molecule has 0 spiro atoms. The van der Waals surface area contributed by atoms with Gasteiger partial charge in [0.05, 0.1) is 6.04 Å². The summed E-state index contributed by atoms with van der Waals surface area (Å²) in [5.41, 5.74) is 8.39. The van der Waals surface area contributed by atoms with Crippen molar-refractivity contribution in [1.82, 2.24) is 0 Å². The monoisotopic (exact) mass is 285 g/mol. The summed E-state index contributed by atoms with van der Waals surface area (Å²) < 4.78 is 5.93. The minimum absolute atomic E-state index is 0.0123. The molecular formula is C17H19NOS. The second-order valence-corrected chi connectivity index (χ2v) is 6.25. The third kappa shape index (κ3) is 2.79. The summed E-state index contributed by atoms with van der Waals surface area (Å²) in [6.45, 7) is 2.07. The van der Waals surface area contributed by atoms with E-state index >= 15 is 0 Å². The van der Waals surface area contributed by atoms with Gasteiger partial charge >= 0.3 is 0 Å². The lowest BCUT2D eigenvalue weighted by Crippen LogP contribution is -2.09. The van der Waals surface area contributed by atoms with Crippen molar-refractivity contribution in [2.45, 2.75) is 32.2 Å². The number of benzene rings is 1. The van der Waals surface area contributed by atoms with E-state index < -0.39 is 0 Å². The van der Waals surface area contributed by atoms with Gasteiger partial charge in [-0.2, -0.15) is 0 Å². The molecule has 20 heavy (non-hydrogen) atoms. The van der Waals surface area contributed by atoms with Crippen LogP contribution in [-0.2, 0) is 6.42 Å². The Balaban J connectivity index is 1.66. The van der Waals surface area contributed by atoms with E-state index in [2.05, 4.69) is 48.7 Å². The summed E-state index contributed by atoms with van der Waals surface area (Å²) in [6.07, 6.45) is 3.15. The summed E-state index contributed by atoms with van der Waals surface area (Å²) in [5, 5.41) is 3.27. The van der Waals surface area contributed by atoms with E-state index in [4.69, 9.17) is 10.2 Å². The normalized spacial score (nSPS) is 12.9. The smallest absolute Gasteiger partial charge is 0.137 e. The molecule has 2 aromatic heterocycles. The fraction of sp³-hybridized carbons (Fsp3) is 0.294. The number of thiophene rings is 1. The molecule has 0 aliphatic carbocycles. The van der Waals surface area contributed by atoms with Gasteiger partial charge in [-0.3, -0.25) is 0 Å². The van der Waals surface area contributed by atoms with E-state index in [1.807, 2.05) is 11.3 Å². The molecule has 0 fully saturated rings. The van der Waals surface area contributed by atoms with Gasteiger partial charge in [0, 0.05) is 10.3 Å². The minimum atomic E-state index is -0.0123. The Kier molecular flexibility index (Phi) is 3.90. The minimum Gasteiger partial charge on any atom is -0.459 e. The van der Waals surface area contributed by atoms with Gasteiger partial charge in [0.15, 0.2) is 0 Å². The highest BCUT2D eigenvalue weighted by molar-refractivity contribution is 7.09. The van der Waals surface area contributed by atoms with Crippen LogP contribution in [0.3, 0.4) is 0 Å². The van der Waals surface area contributed by atoms with Crippen LogP contribution in [0.5, 0.6) is 0 Å². The van der Waals surface area contributed by atoms with Crippen molar-refractivity contribution >= 4 is 22.3 Å². The SMILES string of the molecule is Cc1cccc2cc(C(N)CCCc3cccs3)oc12. The first kappa shape index (κ1) is 13.4. The van der Waals surface area contributed by atoms with Crippen molar-refractivity contribution in [3.63, 3.8) is 0 Å². The van der Waals surface area contributed by atoms with Crippen LogP contribution in [0.2, 0.25) is 0 Å². The molecule has 0 amide bonds. The molecule has 0 bridgehead atoms. The van der Waals surface area contributed by atoms with Crippen LogP contribution >= 0.6 is 11.3 Å². The summed E-state index contributed by atoms with van der Waals surface area (Å²) in [7, 11) is 0. The van der Waals surface area contributed by atoms with Crippen LogP contribution in [0.1, 0.15) is 35.1 Å². The molecule has 1 atom stereocenters. The fourth-order valence-electron chi connectivity index (χ4n) is 2.50. The van der Waals surface area contributed by atoms with Gasteiger partial charge in [0.1, 0.15) is 11.3 Å². The predicted molar refractivity (Wildman–Crippen MR) is 85.1 cm³/mol. The van der Waals surface area contributed by atoms with Gasteiger partial charge in [-0.25, -0.2) is 0 Å². The number of aryl methyl sites for hydroxylation is 2. The molecule has 3 heteroatoms. The molecule has 2 N–H and O–H groups in total. The van der Waals surface area contributed by atoms with E-state index in [0.717, 1.165) is 36.0 Å². The zero-order chi connectivity index (χ0) is 13.9. The number of rotatable bonds is 5. The molecule has 1 aromatic carbocycles. The number of hydrogen-bond donors (Lipinski definition) is 1. The Morgan fingerprint density at radius 1 is 1.25 bits per heavy atom. The maximum atomic E-state index is 6.26. The molecule has 0 aliphatic heterocycles. The first-order valence-electron chi connectivity index (χ1n) is 7.01. The van der Waals surface area contributed by atoms with Crippen molar-refractivity contribution in [3.05, 3.63) is 58.0 Å². The number of para-hydroxylation sites is 1. The topological polar surface area (TPSA) is 39.2 Å². The molecule has 3 rings (SSSR count). The van der Waals surface area contributed by atoms with Crippen LogP contribution in [0.25, 0.3) is 11.0 Å². The van der Waals surface area contributed by atoms with E-state index in [9.17, 15) is 0 Å². The molecule has 1 unspecified atom stereocenters. The lowest BCUT2D eigenvalue weighted by molar-refractivity contribution is 0.469. The summed E-state index contributed by atoms with van der Waals surface area (Å²) >= 11 is 1.81. The van der Waals surface area contributed by atoms with Gasteiger partial charge in [-0.05, 0) is 49.3 Å². The van der Waals surface area contributed by atoms with Gasteiger partial charge in [0.25, 0.3) is 0 Å². The Labute approximate surface area is 123 Å². The quantitative estimate of drug-likeness (QED) is 0.729. The molecule has 0 saturated heterocycles. The molecule has 3 aromatic rings. The molecule has 104 valence electrons. The number of fused-ring (bicyclic) bond motifs is 1. The van der Waals surface area contributed by atoms with E-state index in [-0.39, 0.29) is 6.04 Å². The highest BCUT2D eigenvalue weighted by atomic mass is 32.1. The van der Waals surface area contributed by atoms with Crippen LogP contribution in [-0.4, -0.2) is 0 Å². The predicted octanol–water partition coefficient (Wildman–Crippen LogP) is 4.83. The third-order valence-electron chi connectivity index (χ3n) is 3.64. The van der Waals surface area contributed by atoms with Crippen molar-refractivity contribution in [2.75, 3.05) is 0 Å². The summed E-state index contributed by atoms with van der Waals surface area (Å²) in [5.74, 6) is 0.903. The Bertz CT molecular complexity index is 684. The molecule has 0 aliphatic rings. The van der Waals surface area contributed by atoms with Gasteiger partial charge in [-0.1, -0.05) is 24.3 Å². The third-order valence-corrected chi connectivity index (χ3v) is 4.58. The zero-order valence-electron chi connectivity index (χ0n) is 11.6. The lowest BCUT2D eigenvalue weighted by atomic mass is 10.1. The highest BCUT2D eigenvalue weighted by Crippen LogP contribution is 2.27. The van der Waals surface area contributed by atoms with Crippen molar-refractivity contribution in [3.8, 4) is 0 Å². The second kappa shape index (κ2) is 5.81. The largest absolute Gasteiger partial charge is 0.459 e. The maximum Gasteiger partial charge on any atom is 0.137 e. The summed E-state index contributed by atoms with van der Waals surface area (Å²) in [6, 6.07) is 12.5. The first-order valence-corrected chi connectivity index (χ1v) is 7.89. The van der Waals surface area contributed by atoms with E-state index in [1.165, 1.54) is 10.4 Å². The second-order valence-electron chi connectivity index (χ2n) is 5.22. The first-order chi connectivity index (χ1) is 9.74.